The summed E-state index contributed by atoms with van der Waals surface area (Å²) < 4.78 is 15.5. The van der Waals surface area contributed by atoms with Crippen LogP contribution in [0, 0.1) is 5.92 Å². The number of carbonyl (C=O) groups excluding carboxylic acids is 3. The molecule has 0 radical (unpaired) electrons. The first-order valence-corrected chi connectivity index (χ1v) is 47.0. The van der Waals surface area contributed by atoms with E-state index in [0.717, 1.165) is 133 Å². The summed E-state index contributed by atoms with van der Waals surface area (Å²) in [6.45, 7) is 30.1. The van der Waals surface area contributed by atoms with Gasteiger partial charge in [-0.2, -0.15) is 4.98 Å². The molecule has 2 fully saturated rings. The predicted octanol–water partition coefficient (Wildman–Crippen LogP) is 23.4. The molecule has 7 aliphatic rings. The van der Waals surface area contributed by atoms with E-state index in [-0.39, 0.29) is 69.3 Å². The van der Waals surface area contributed by atoms with Crippen molar-refractivity contribution in [3.8, 4) is 0 Å². The molecule has 21 nitrogen and oxygen atoms in total. The number of fused-ring (bicyclic) bond motifs is 5. The maximum absolute atomic E-state index is 12.1. The Morgan fingerprint density at radius 3 is 1.22 bits per heavy atom. The first-order valence-electron chi connectivity index (χ1n) is 45.9. The fraction of sp³-hybridized carbons (Fsp3) is 0.381. The number of rotatable bonds is 10. The molecule has 5 aromatic heterocycles. The van der Waals surface area contributed by atoms with Crippen molar-refractivity contribution in [2.45, 2.75) is 242 Å². The molecule has 5 heterocycles. The van der Waals surface area contributed by atoms with Gasteiger partial charge < -0.3 is 29.6 Å². The lowest BCUT2D eigenvalue weighted by Crippen LogP contribution is -2.26. The molecule has 19 rings (SSSR count). The van der Waals surface area contributed by atoms with Crippen LogP contribution in [0.25, 0.3) is 0 Å². The fourth-order valence-electron chi connectivity index (χ4n) is 16.6. The average Bonchev–Trinajstić information content (AvgIpc) is 1.67. The molecule has 0 aliphatic heterocycles. The highest BCUT2D eigenvalue weighted by molar-refractivity contribution is 6.32. The molecule has 0 spiro atoms. The molecule has 7 aromatic carbocycles. The van der Waals surface area contributed by atoms with E-state index < -0.39 is 17.4 Å². The van der Waals surface area contributed by atoms with Crippen molar-refractivity contribution >= 4 is 64.2 Å². The summed E-state index contributed by atoms with van der Waals surface area (Å²) in [6, 6.07) is 70.2. The molecule has 24 heteroatoms. The summed E-state index contributed by atoms with van der Waals surface area (Å²) in [4.78, 5) is 120. The third-order valence-corrected chi connectivity index (χ3v) is 22.7. The van der Waals surface area contributed by atoms with Crippen LogP contribution >= 0.6 is 34.8 Å². The van der Waals surface area contributed by atoms with Crippen molar-refractivity contribution in [3.05, 3.63) is 376 Å². The number of hydrogen-bond acceptors (Lipinski definition) is 18. The Morgan fingerprint density at radius 2 is 0.767 bits per heavy atom. The molecule has 686 valence electrons. The van der Waals surface area contributed by atoms with Crippen LogP contribution in [0.15, 0.2) is 245 Å². The van der Waals surface area contributed by atoms with Crippen LogP contribution in [0.5, 0.6) is 0 Å². The lowest BCUT2D eigenvalue weighted by molar-refractivity contribution is -0.150. The zero-order valence-corrected chi connectivity index (χ0v) is 79.8. The number of halogens is 3. The summed E-state index contributed by atoms with van der Waals surface area (Å²) in [5.74, 6) is 1.92. The van der Waals surface area contributed by atoms with Crippen molar-refractivity contribution < 1.29 is 28.0 Å². The van der Waals surface area contributed by atoms with E-state index in [1.165, 1.54) is 22.3 Å². The number of aromatic nitrogens is 8. The maximum Gasteiger partial charge on any atom is 0.419 e. The molecule has 0 bridgehead atoms. The molecular formula is C105H129Cl3N10O11. The number of ketones is 2. The van der Waals surface area contributed by atoms with Gasteiger partial charge in [0.05, 0.1) is 29.1 Å². The number of ether oxygens (including phenoxy) is 1. The minimum absolute atomic E-state index is 0.00894. The second-order valence-electron chi connectivity index (χ2n) is 28.9. The monoisotopic (exact) mass is 1810 g/mol. The van der Waals surface area contributed by atoms with Gasteiger partial charge in [-0.3, -0.25) is 38.7 Å². The second kappa shape index (κ2) is 56.5. The number of nitrogens with one attached hydrogen (secondary N) is 4. The van der Waals surface area contributed by atoms with Crippen LogP contribution < -0.4 is 39.2 Å². The van der Waals surface area contributed by atoms with Crippen LogP contribution in [0.1, 0.15) is 305 Å². The van der Waals surface area contributed by atoms with E-state index in [9.17, 15) is 38.4 Å². The van der Waals surface area contributed by atoms with Crippen LogP contribution in [-0.2, 0) is 51.2 Å². The number of H-pyrrole nitrogens is 3. The van der Waals surface area contributed by atoms with Crippen LogP contribution in [0.3, 0.4) is 0 Å². The van der Waals surface area contributed by atoms with Crippen molar-refractivity contribution in [2.24, 2.45) is 5.92 Å². The van der Waals surface area contributed by atoms with Gasteiger partial charge in [-0.15, -0.1) is 0 Å². The Bertz CT molecular complexity index is 5570. The number of carbonyl (C=O) groups is 3. The number of Topliss-reactive ketones (excluding diaryl/α,β-unsaturated/α-hetero) is 2. The third kappa shape index (κ3) is 28.9. The minimum Gasteiger partial charge on any atom is -0.465 e. The maximum atomic E-state index is 12.1. The molecule has 0 saturated heterocycles. The van der Waals surface area contributed by atoms with Gasteiger partial charge >= 0.3 is 17.4 Å². The first-order chi connectivity index (χ1) is 62.9. The van der Waals surface area contributed by atoms with Gasteiger partial charge in [-0.05, 0) is 159 Å². The van der Waals surface area contributed by atoms with E-state index >= 15 is 0 Å². The van der Waals surface area contributed by atoms with Crippen molar-refractivity contribution in [1.82, 2.24) is 39.9 Å². The van der Waals surface area contributed by atoms with E-state index in [0.29, 0.717) is 76.6 Å². The Hall–Kier alpha value is -11.8. The molecule has 8 unspecified atom stereocenters. The summed E-state index contributed by atoms with van der Waals surface area (Å²) in [7, 11) is 1.87. The predicted molar refractivity (Wildman–Crippen MR) is 523 cm³/mol. The second-order valence-corrected chi connectivity index (χ2v) is 29.9. The molecular weight excluding hydrogens is 1680 g/mol. The number of nitrogen functional groups attached to an aromatic ring is 1. The van der Waals surface area contributed by atoms with Crippen LogP contribution in [0.2, 0.25) is 15.7 Å². The van der Waals surface area contributed by atoms with Gasteiger partial charge in [0.1, 0.15) is 34.2 Å². The number of nitrogens with zero attached hydrogens (tertiary/aromatic N) is 5. The number of anilines is 2. The molecule has 129 heavy (non-hydrogen) atoms. The van der Waals surface area contributed by atoms with Crippen molar-refractivity contribution in [2.75, 3.05) is 24.7 Å². The van der Waals surface area contributed by atoms with Gasteiger partial charge in [0.15, 0.2) is 5.78 Å². The summed E-state index contributed by atoms with van der Waals surface area (Å²) in [6.07, 6.45) is 12.9. The van der Waals surface area contributed by atoms with Crippen molar-refractivity contribution in [3.63, 3.8) is 0 Å². The van der Waals surface area contributed by atoms with Gasteiger partial charge in [0, 0.05) is 77.3 Å². The molecule has 8 atom stereocenters. The minimum atomic E-state index is -0.670. The molecule has 2 saturated carbocycles. The molecule has 0 amide bonds. The van der Waals surface area contributed by atoms with Gasteiger partial charge in [0.2, 0.25) is 10.6 Å². The number of nitrogens with two attached hydrogens (primary N) is 1. The number of hydrogen-bond donors (Lipinski definition) is 5. The highest BCUT2D eigenvalue weighted by Crippen LogP contribution is 2.44. The molecule has 12 aromatic rings. The SMILES string of the molecule is CC.CC.CC.CC.CC.CC.CC.CCOC(=O)C1CCC(c2ccccc2)C1=O.CNc1nc(Cl)nc2c1CCC2c1ccccc1.Clc1nc(Cl)c2c(n1)C(c1ccccc1)CC2.Nc1nc(=O)c2c(o1)C(c1ccccc1)CC2.O=C1CCCC1c1ccccc1.O=c1[nH]c(=O)c2c(o1)C(c1ccccc1)CC2.O=c1[nH]c2c(c(=O)[nH]1)CCC2c1ccccc1. The largest absolute Gasteiger partial charge is 0.465 e. The van der Waals surface area contributed by atoms with Crippen LogP contribution in [0.4, 0.5) is 11.8 Å². The molecule has 7 aliphatic carbocycles. The summed E-state index contributed by atoms with van der Waals surface area (Å²) in [5.41, 5.74) is 19.5. The number of aromatic amines is 3. The normalized spacial score (nSPS) is 17.5. The Morgan fingerprint density at radius 1 is 0.395 bits per heavy atom. The lowest BCUT2D eigenvalue weighted by atomic mass is 9.95. The average molecular weight is 1810 g/mol. The van der Waals surface area contributed by atoms with Crippen LogP contribution in [-0.4, -0.2) is 71.1 Å². The topological polar surface area (TPSA) is 322 Å². The Kier molecular flexibility index (Phi) is 46.4. The summed E-state index contributed by atoms with van der Waals surface area (Å²) >= 11 is 18.0. The quantitative estimate of drug-likeness (QED) is 0.0367. The highest BCUT2D eigenvalue weighted by atomic mass is 35.5. The van der Waals surface area contributed by atoms with E-state index in [2.05, 4.69) is 81.6 Å². The third-order valence-electron chi connectivity index (χ3n) is 22.0. The molecule has 6 N–H and O–H groups in total. The Labute approximate surface area is 774 Å². The van der Waals surface area contributed by atoms with Gasteiger partial charge in [0.25, 0.3) is 22.7 Å². The smallest absolute Gasteiger partial charge is 0.419 e. The van der Waals surface area contributed by atoms with Gasteiger partial charge in [-0.25, -0.2) is 29.5 Å². The number of esters is 1. The first kappa shape index (κ1) is 106. The van der Waals surface area contributed by atoms with Gasteiger partial charge in [-0.1, -0.05) is 321 Å². The number of benzene rings is 7. The zero-order valence-electron chi connectivity index (χ0n) is 77.6. The Balaban J connectivity index is 0.000000227. The zero-order chi connectivity index (χ0) is 94.5. The van der Waals surface area contributed by atoms with E-state index in [4.69, 9.17) is 54.1 Å². The van der Waals surface area contributed by atoms with E-state index in [1.54, 1.807) is 6.92 Å². The standard InChI is InChI=1S/C14H14ClN3.C14H16O3.C13H10Cl2N2.2C13H12N2O2.C13H11NO3.C11H12O.7C2H6/c1-16-13-11-8-7-10(9-5-3-2-4-6-9)12(11)17-14(15)18-13;1-2-17-14(16)12-9-8-11(13(12)15)10-6-4-3-5-7-10;14-12-10-7-6-9(8-4-2-1-3-5-8)11(10)16-13(15)17-12;14-13-15-12(16)10-7-6-9(11(10)17-13)8-4-2-1-3-5-8;16-12-10-7-6-9(8-4-2-1-3-5-8)11(10)14-13(17)15-12;15-12-10-7-6-9(8-4-2-1-3-5-8)11(10)17-13(16)14-12;12-11-8-4-7-10(11)9-5-2-1-3-6-9;7*1-2/h2-6,10H,7-8H2,1H3,(H,16,17,18);3-7,11-12H,2,8-9H2,1H3;1-5,9H,6-7H2;1-5,9H,6-7H2,(H2,14,15,16);1-5,9H,6-7H2,(H2,14,15,16,17);1-5,9H,6-7H2,(H,14,15,16);1-3,5-6,10H,4,7-8H2;7*1-2H3. The van der Waals surface area contributed by atoms with E-state index in [1.807, 2.05) is 280 Å². The van der Waals surface area contributed by atoms with Crippen molar-refractivity contribution in [1.29, 1.82) is 0 Å². The summed E-state index contributed by atoms with van der Waals surface area (Å²) in [5, 5.41) is 4.16. The highest BCUT2D eigenvalue weighted by Gasteiger charge is 2.41. The lowest BCUT2D eigenvalue weighted by Gasteiger charge is -2.12. The fourth-order valence-corrected chi connectivity index (χ4v) is 17.3.